The summed E-state index contributed by atoms with van der Waals surface area (Å²) in [6.45, 7) is 4.79. The number of hydrogen-bond donors (Lipinski definition) is 2. The molecule has 1 atom stereocenters. The third-order valence-corrected chi connectivity index (χ3v) is 7.25. The van der Waals surface area contributed by atoms with Crippen LogP contribution in [0.5, 0.6) is 0 Å². The van der Waals surface area contributed by atoms with Crippen LogP contribution >= 0.6 is 15.2 Å². The molecule has 14 heavy (non-hydrogen) atoms. The number of halogens is 1. The van der Waals surface area contributed by atoms with Crippen LogP contribution in [0.2, 0.25) is 19.6 Å². The van der Waals surface area contributed by atoms with E-state index in [1.807, 2.05) is 0 Å². The van der Waals surface area contributed by atoms with Crippen LogP contribution < -0.4 is 0 Å². The Bertz CT molecular complexity index is 282. The van der Waals surface area contributed by atoms with Crippen molar-refractivity contribution in [2.24, 2.45) is 0 Å². The minimum absolute atomic E-state index is 1.24. The van der Waals surface area contributed by atoms with Crippen molar-refractivity contribution >= 4 is 23.5 Å². The third-order valence-electron chi connectivity index (χ3n) is 0.876. The average molecular weight is 266 g/mol. The molecular formula is C4H13FO6P2Si. The van der Waals surface area contributed by atoms with Crippen LogP contribution in [0.4, 0.5) is 4.53 Å². The standard InChI is InChI=1S/C4H13FO6P2Si/c1-14(2,3)11-13(9,10-5)4-12(6,7)8/h4H2,1-3H3,(H2,6,7,8). The molecule has 6 nitrogen and oxygen atoms in total. The van der Waals surface area contributed by atoms with Gasteiger partial charge in [0.1, 0.15) is 0 Å². The van der Waals surface area contributed by atoms with Crippen LogP contribution in [-0.2, 0) is 18.1 Å². The molecule has 0 aromatic rings. The van der Waals surface area contributed by atoms with Crippen molar-refractivity contribution in [3.8, 4) is 0 Å². The normalized spacial score (nSPS) is 17.9. The van der Waals surface area contributed by atoms with Gasteiger partial charge in [-0.15, -0.1) is 4.73 Å². The summed E-state index contributed by atoms with van der Waals surface area (Å²) >= 11 is 0. The minimum atomic E-state index is -4.62. The van der Waals surface area contributed by atoms with Gasteiger partial charge in [0.15, 0.2) is 14.2 Å². The molecular weight excluding hydrogens is 253 g/mol. The zero-order chi connectivity index (χ0) is 11.6. The van der Waals surface area contributed by atoms with Crippen molar-refractivity contribution in [2.45, 2.75) is 19.6 Å². The number of hydrogen-bond acceptors (Lipinski definition) is 4. The van der Waals surface area contributed by atoms with Crippen LogP contribution in [0, 0.1) is 0 Å². The summed E-state index contributed by atoms with van der Waals surface area (Å²) < 4.78 is 41.6. The van der Waals surface area contributed by atoms with Gasteiger partial charge in [0, 0.05) is 0 Å². The molecule has 0 aliphatic heterocycles. The first kappa shape index (κ1) is 14.4. The fourth-order valence-electron chi connectivity index (χ4n) is 0.708. The quantitative estimate of drug-likeness (QED) is 0.584. The third kappa shape index (κ3) is 6.84. The molecule has 10 heteroatoms. The van der Waals surface area contributed by atoms with Gasteiger partial charge in [-0.1, -0.05) is 0 Å². The zero-order valence-corrected chi connectivity index (χ0v) is 10.8. The summed E-state index contributed by atoms with van der Waals surface area (Å²) in [5, 5.41) is 0. The Kier molecular flexibility index (Phi) is 4.67. The van der Waals surface area contributed by atoms with Gasteiger partial charge in [0.25, 0.3) is 0 Å². The van der Waals surface area contributed by atoms with Gasteiger partial charge in [-0.05, 0) is 24.2 Å². The van der Waals surface area contributed by atoms with Crippen LogP contribution in [0.15, 0.2) is 0 Å². The molecule has 0 amide bonds. The molecule has 0 bridgehead atoms. The highest BCUT2D eigenvalue weighted by Crippen LogP contribution is 2.60. The first-order valence-corrected chi connectivity index (χ1v) is 10.6. The smallest absolute Gasteiger partial charge is 0.349 e. The summed E-state index contributed by atoms with van der Waals surface area (Å²) in [4.78, 5) is 17.0. The Morgan fingerprint density at radius 3 is 1.93 bits per heavy atom. The summed E-state index contributed by atoms with van der Waals surface area (Å²) in [5.41, 5.74) is 0. The van der Waals surface area contributed by atoms with Crippen molar-refractivity contribution in [3.05, 3.63) is 0 Å². The molecule has 86 valence electrons. The highest BCUT2D eigenvalue weighted by Gasteiger charge is 2.39. The molecule has 0 aliphatic rings. The summed E-state index contributed by atoms with van der Waals surface area (Å²) in [6, 6.07) is 0. The van der Waals surface area contributed by atoms with Crippen LogP contribution in [-0.4, -0.2) is 24.0 Å². The Hall–Kier alpha value is 0.447. The Balaban J connectivity index is 4.67. The highest BCUT2D eigenvalue weighted by molar-refractivity contribution is 7.71. The van der Waals surface area contributed by atoms with E-state index in [1.54, 1.807) is 19.6 Å². The fraction of sp³-hybridized carbons (Fsp3) is 1.00. The van der Waals surface area contributed by atoms with E-state index >= 15 is 0 Å². The molecule has 0 rings (SSSR count). The Labute approximate surface area is 82.1 Å². The largest absolute Gasteiger partial charge is 0.366 e. The average Bonchev–Trinajstić information content (AvgIpc) is 1.78. The van der Waals surface area contributed by atoms with E-state index in [-0.39, 0.29) is 0 Å². The van der Waals surface area contributed by atoms with E-state index in [0.717, 1.165) is 0 Å². The van der Waals surface area contributed by atoms with Crippen molar-refractivity contribution in [3.63, 3.8) is 0 Å². The first-order valence-electron chi connectivity index (χ1n) is 3.62. The lowest BCUT2D eigenvalue weighted by molar-refractivity contribution is -0.0164. The summed E-state index contributed by atoms with van der Waals surface area (Å²) in [5.74, 6) is -1.24. The molecule has 0 spiro atoms. The Morgan fingerprint density at radius 1 is 1.29 bits per heavy atom. The SMILES string of the molecule is C[Si](C)(C)OP(=O)(CP(=O)(O)O)OF. The van der Waals surface area contributed by atoms with Gasteiger partial charge in [0.05, 0.1) is 0 Å². The lowest BCUT2D eigenvalue weighted by atomic mass is 11.8. The number of rotatable bonds is 5. The minimum Gasteiger partial charge on any atom is -0.349 e. The molecule has 0 saturated carbocycles. The predicted molar refractivity (Wildman–Crippen MR) is 51.1 cm³/mol. The fourth-order valence-corrected chi connectivity index (χ4v) is 6.89. The van der Waals surface area contributed by atoms with E-state index in [1.165, 1.54) is 0 Å². The predicted octanol–water partition coefficient (Wildman–Crippen LogP) is 2.07. The molecule has 0 radical (unpaired) electrons. The topological polar surface area (TPSA) is 93.1 Å². The molecule has 1 unspecified atom stereocenters. The lowest BCUT2D eigenvalue weighted by Crippen LogP contribution is -2.24. The molecule has 2 N–H and O–H groups in total. The van der Waals surface area contributed by atoms with Gasteiger partial charge in [-0.25, -0.2) is 0 Å². The van der Waals surface area contributed by atoms with Gasteiger partial charge in [-0.3, -0.25) is 9.13 Å². The second-order valence-corrected chi connectivity index (χ2v) is 12.5. The molecule has 0 aromatic carbocycles. The molecule has 0 saturated heterocycles. The molecule has 0 heterocycles. The maximum absolute atomic E-state index is 11.9. The summed E-state index contributed by atoms with van der Waals surface area (Å²) in [7, 11) is -11.3. The van der Waals surface area contributed by atoms with Gasteiger partial charge < -0.3 is 14.0 Å². The second-order valence-electron chi connectivity index (χ2n) is 3.69. The van der Waals surface area contributed by atoms with Crippen LogP contribution in [0.3, 0.4) is 0 Å². The van der Waals surface area contributed by atoms with Gasteiger partial charge >= 0.3 is 15.2 Å². The van der Waals surface area contributed by atoms with Crippen LogP contribution in [0.1, 0.15) is 0 Å². The first-order chi connectivity index (χ1) is 5.97. The van der Waals surface area contributed by atoms with Crippen LogP contribution in [0.25, 0.3) is 0 Å². The molecule has 0 aromatic heterocycles. The van der Waals surface area contributed by atoms with Crippen molar-refractivity contribution in [1.29, 1.82) is 0 Å². The van der Waals surface area contributed by atoms with E-state index in [2.05, 4.69) is 4.73 Å². The van der Waals surface area contributed by atoms with Crippen molar-refractivity contribution in [2.75, 3.05) is 5.90 Å². The highest BCUT2D eigenvalue weighted by atomic mass is 31.2. The maximum Gasteiger partial charge on any atom is 0.366 e. The van der Waals surface area contributed by atoms with Crippen molar-refractivity contribution < 1.29 is 32.4 Å². The van der Waals surface area contributed by atoms with E-state index in [0.29, 0.717) is 0 Å². The molecule has 0 fully saturated rings. The van der Waals surface area contributed by atoms with E-state index in [9.17, 15) is 13.7 Å². The zero-order valence-electron chi connectivity index (χ0n) is 8.01. The second kappa shape index (κ2) is 4.53. The van der Waals surface area contributed by atoms with Gasteiger partial charge in [0.2, 0.25) is 0 Å². The Morgan fingerprint density at radius 2 is 1.71 bits per heavy atom. The van der Waals surface area contributed by atoms with Crippen molar-refractivity contribution in [1.82, 2.24) is 0 Å². The monoisotopic (exact) mass is 266 g/mol. The lowest BCUT2D eigenvalue weighted by Gasteiger charge is -2.22. The van der Waals surface area contributed by atoms with Gasteiger partial charge in [-0.2, -0.15) is 0 Å². The molecule has 0 aliphatic carbocycles. The summed E-state index contributed by atoms with van der Waals surface area (Å²) in [6.07, 6.45) is 0. The van der Waals surface area contributed by atoms with E-state index < -0.39 is 29.4 Å². The van der Waals surface area contributed by atoms with E-state index in [4.69, 9.17) is 14.0 Å². The maximum atomic E-state index is 11.9.